The Labute approximate surface area is 190 Å². The first-order chi connectivity index (χ1) is 15.1. The molecule has 3 aromatic rings. The lowest BCUT2D eigenvalue weighted by atomic mass is 9.97. The van der Waals surface area contributed by atoms with Gasteiger partial charge in [-0.3, -0.25) is 4.79 Å². The molecule has 5 nitrogen and oxygen atoms in total. The Morgan fingerprint density at radius 3 is 2.41 bits per heavy atom. The number of fused-ring (bicyclic) bond motifs is 1. The van der Waals surface area contributed by atoms with E-state index in [4.69, 9.17) is 23.2 Å². The first kappa shape index (κ1) is 22.4. The van der Waals surface area contributed by atoms with E-state index in [1.54, 1.807) is 24.3 Å². The molecule has 168 valence electrons. The van der Waals surface area contributed by atoms with Gasteiger partial charge in [0.1, 0.15) is 16.7 Å². The topological polar surface area (TPSA) is 59.0 Å². The van der Waals surface area contributed by atoms with E-state index in [0.29, 0.717) is 20.8 Å². The van der Waals surface area contributed by atoms with Crippen molar-refractivity contribution in [3.05, 3.63) is 81.2 Å². The molecule has 4 rings (SSSR count). The highest BCUT2D eigenvalue weighted by atomic mass is 35.5. The van der Waals surface area contributed by atoms with Crippen molar-refractivity contribution in [2.24, 2.45) is 0 Å². The summed E-state index contributed by atoms with van der Waals surface area (Å²) in [6, 6.07) is 9.17. The van der Waals surface area contributed by atoms with Crippen LogP contribution in [0.25, 0.3) is 0 Å². The fraction of sp³-hybridized carbons (Fsp3) is 0.238. The predicted octanol–water partition coefficient (Wildman–Crippen LogP) is 5.92. The largest absolute Gasteiger partial charge is 0.410 e. The monoisotopic (exact) mass is 486 g/mol. The lowest BCUT2D eigenvalue weighted by molar-refractivity contribution is -0.173. The van der Waals surface area contributed by atoms with Crippen LogP contribution in [0.2, 0.25) is 10.0 Å². The zero-order valence-corrected chi connectivity index (χ0v) is 17.8. The number of alkyl halides is 3. The molecule has 2 atom stereocenters. The van der Waals surface area contributed by atoms with Gasteiger partial charge in [0.25, 0.3) is 5.91 Å². The van der Waals surface area contributed by atoms with E-state index in [1.165, 1.54) is 24.3 Å². The van der Waals surface area contributed by atoms with Crippen molar-refractivity contribution in [3.63, 3.8) is 0 Å². The molecule has 2 aromatic carbocycles. The second kappa shape index (κ2) is 8.63. The fourth-order valence-corrected chi connectivity index (χ4v) is 3.91. The lowest BCUT2D eigenvalue weighted by Gasteiger charge is -2.33. The highest BCUT2D eigenvalue weighted by Crippen LogP contribution is 2.46. The molecular weight excluding hydrogens is 471 g/mol. The molecule has 0 bridgehead atoms. The maximum absolute atomic E-state index is 13.8. The summed E-state index contributed by atoms with van der Waals surface area (Å²) < 4.78 is 55.2. The second-order valence-electron chi connectivity index (χ2n) is 7.31. The Morgan fingerprint density at radius 1 is 1.12 bits per heavy atom. The van der Waals surface area contributed by atoms with Gasteiger partial charge < -0.3 is 10.6 Å². The molecule has 2 heterocycles. The number of nitrogens with zero attached hydrogens (tertiary/aromatic N) is 2. The Bertz CT molecular complexity index is 1130. The zero-order chi connectivity index (χ0) is 23.0. The van der Waals surface area contributed by atoms with Gasteiger partial charge in [0.05, 0.1) is 6.04 Å². The van der Waals surface area contributed by atoms with Gasteiger partial charge in [0.15, 0.2) is 11.7 Å². The van der Waals surface area contributed by atoms with E-state index in [2.05, 4.69) is 15.7 Å². The van der Waals surface area contributed by atoms with E-state index >= 15 is 0 Å². The quantitative estimate of drug-likeness (QED) is 0.450. The number of amides is 1. The van der Waals surface area contributed by atoms with Crippen LogP contribution in [0, 0.1) is 5.82 Å². The molecule has 1 aromatic heterocycles. The van der Waals surface area contributed by atoms with Crippen LogP contribution in [0.15, 0.2) is 48.5 Å². The standard InChI is InChI=1S/C21H16Cl2F4N4O/c22-13-5-3-12(4-6-13)15-9-16(21(25,26)27)31-19(29-15)17(23)18(30-31)20(32)28-10-11-1-7-14(24)8-2-11/h1-8,15-16,29H,9-10H2,(H,28,32). The van der Waals surface area contributed by atoms with Crippen LogP contribution in [-0.4, -0.2) is 21.9 Å². The molecule has 0 radical (unpaired) electrons. The first-order valence-corrected chi connectivity index (χ1v) is 10.3. The SMILES string of the molecule is O=C(NCc1ccc(F)cc1)c1nn2c(c1Cl)NC(c1ccc(Cl)cc1)CC2C(F)(F)F. The fourth-order valence-electron chi connectivity index (χ4n) is 3.52. The molecule has 0 aliphatic carbocycles. The Hall–Kier alpha value is -2.78. The van der Waals surface area contributed by atoms with E-state index in [0.717, 1.165) is 0 Å². The summed E-state index contributed by atoms with van der Waals surface area (Å²) in [5.74, 6) is -1.26. The van der Waals surface area contributed by atoms with Gasteiger partial charge in [-0.15, -0.1) is 0 Å². The molecule has 0 saturated heterocycles. The normalized spacial score (nSPS) is 18.1. The van der Waals surface area contributed by atoms with E-state index < -0.39 is 30.0 Å². The summed E-state index contributed by atoms with van der Waals surface area (Å²) in [5, 5.41) is 9.63. The van der Waals surface area contributed by atoms with Crippen LogP contribution in [-0.2, 0) is 6.54 Å². The third kappa shape index (κ3) is 4.54. The van der Waals surface area contributed by atoms with Crippen LogP contribution < -0.4 is 10.6 Å². The molecule has 0 spiro atoms. The highest BCUT2D eigenvalue weighted by Gasteiger charge is 2.47. The number of halogens is 6. The van der Waals surface area contributed by atoms with Crippen molar-refractivity contribution in [1.29, 1.82) is 0 Å². The van der Waals surface area contributed by atoms with Crippen LogP contribution in [0.4, 0.5) is 23.4 Å². The number of benzene rings is 2. The van der Waals surface area contributed by atoms with Gasteiger partial charge in [-0.1, -0.05) is 47.5 Å². The molecule has 0 fully saturated rings. The maximum atomic E-state index is 13.8. The number of rotatable bonds is 4. The predicted molar refractivity (Wildman–Crippen MR) is 112 cm³/mol. The maximum Gasteiger partial charge on any atom is 0.410 e. The van der Waals surface area contributed by atoms with E-state index in [9.17, 15) is 22.4 Å². The summed E-state index contributed by atoms with van der Waals surface area (Å²) in [6.07, 6.45) is -4.95. The van der Waals surface area contributed by atoms with Crippen molar-refractivity contribution in [1.82, 2.24) is 15.1 Å². The van der Waals surface area contributed by atoms with Gasteiger partial charge in [0, 0.05) is 18.0 Å². The molecule has 0 saturated carbocycles. The van der Waals surface area contributed by atoms with E-state index in [1.807, 2.05) is 0 Å². The van der Waals surface area contributed by atoms with Crippen molar-refractivity contribution in [3.8, 4) is 0 Å². The van der Waals surface area contributed by atoms with Crippen LogP contribution in [0.3, 0.4) is 0 Å². The Morgan fingerprint density at radius 2 is 1.78 bits per heavy atom. The number of aromatic nitrogens is 2. The van der Waals surface area contributed by atoms with Gasteiger partial charge >= 0.3 is 6.18 Å². The van der Waals surface area contributed by atoms with Crippen molar-refractivity contribution in [2.75, 3.05) is 5.32 Å². The number of anilines is 1. The van der Waals surface area contributed by atoms with Crippen LogP contribution in [0.1, 0.15) is 40.1 Å². The number of hydrogen-bond acceptors (Lipinski definition) is 3. The van der Waals surface area contributed by atoms with E-state index in [-0.39, 0.29) is 29.5 Å². The summed E-state index contributed by atoms with van der Waals surface area (Å²) in [5.41, 5.74) is 0.866. The molecule has 1 amide bonds. The molecular formula is C21H16Cl2F4N4O. The lowest BCUT2D eigenvalue weighted by Crippen LogP contribution is -2.35. The minimum atomic E-state index is -4.61. The first-order valence-electron chi connectivity index (χ1n) is 9.53. The summed E-state index contributed by atoms with van der Waals surface area (Å²) in [4.78, 5) is 12.6. The molecule has 32 heavy (non-hydrogen) atoms. The molecule has 1 aliphatic rings. The highest BCUT2D eigenvalue weighted by molar-refractivity contribution is 6.36. The Balaban J connectivity index is 1.62. The minimum Gasteiger partial charge on any atom is -0.362 e. The zero-order valence-electron chi connectivity index (χ0n) is 16.3. The van der Waals surface area contributed by atoms with Gasteiger partial charge in [-0.05, 0) is 35.4 Å². The average molecular weight is 487 g/mol. The minimum absolute atomic E-state index is 0.0289. The number of hydrogen-bond donors (Lipinski definition) is 2. The number of nitrogens with one attached hydrogen (secondary N) is 2. The van der Waals surface area contributed by atoms with Crippen molar-refractivity contribution >= 4 is 34.9 Å². The summed E-state index contributed by atoms with van der Waals surface area (Å²) in [7, 11) is 0. The third-order valence-corrected chi connectivity index (χ3v) is 5.76. The number of carbonyl (C=O) groups is 1. The summed E-state index contributed by atoms with van der Waals surface area (Å²) >= 11 is 12.2. The Kier molecular flexibility index (Phi) is 6.05. The van der Waals surface area contributed by atoms with Gasteiger partial charge in [0.2, 0.25) is 0 Å². The molecule has 2 unspecified atom stereocenters. The molecule has 2 N–H and O–H groups in total. The van der Waals surface area contributed by atoms with Gasteiger partial charge in [-0.25, -0.2) is 9.07 Å². The smallest absolute Gasteiger partial charge is 0.362 e. The molecule has 1 aliphatic heterocycles. The van der Waals surface area contributed by atoms with Crippen molar-refractivity contribution in [2.45, 2.75) is 31.2 Å². The summed E-state index contributed by atoms with van der Waals surface area (Å²) in [6.45, 7) is 0.0289. The third-order valence-electron chi connectivity index (χ3n) is 5.15. The van der Waals surface area contributed by atoms with Crippen LogP contribution in [0.5, 0.6) is 0 Å². The van der Waals surface area contributed by atoms with Crippen molar-refractivity contribution < 1.29 is 22.4 Å². The number of carbonyl (C=O) groups excluding carboxylic acids is 1. The van der Waals surface area contributed by atoms with Crippen LogP contribution >= 0.6 is 23.2 Å². The second-order valence-corrected chi connectivity index (χ2v) is 8.12. The molecule has 11 heteroatoms. The van der Waals surface area contributed by atoms with Gasteiger partial charge in [-0.2, -0.15) is 18.3 Å². The average Bonchev–Trinajstić information content (AvgIpc) is 3.09.